The molecule has 1 N–H and O–H groups in total. The molecule has 1 spiro atoms. The molecule has 2 aliphatic heterocycles. The van der Waals surface area contributed by atoms with Gasteiger partial charge in [0.05, 0.1) is 0 Å². The number of nitrogens with zero attached hydrogens (tertiary/aromatic N) is 1. The molecular weight excluding hydrogens is 456 g/mol. The van der Waals surface area contributed by atoms with E-state index >= 15 is 0 Å². The molecule has 4 radical (unpaired) electrons. The Morgan fingerprint density at radius 2 is 1.97 bits per heavy atom. The third-order valence-electron chi connectivity index (χ3n) is 6.69. The second kappa shape index (κ2) is 9.61. The molecule has 0 saturated carbocycles. The summed E-state index contributed by atoms with van der Waals surface area (Å²) < 4.78 is 2.36. The number of hydrogen-bond acceptors (Lipinski definition) is 1. The van der Waals surface area contributed by atoms with Gasteiger partial charge in [0, 0.05) is 46.3 Å². The molecule has 1 unspecified atom stereocenters. The predicted octanol–water partition coefficient (Wildman–Crippen LogP) is 3.12. The summed E-state index contributed by atoms with van der Waals surface area (Å²) in [7, 11) is 0.892. The standard InChI is InChI=1S/C25H27N2Si.B.Y/c1-19-10-11-21(20-7-4-3-5-8-20)15-23(19)24-16-22-9-6-13-28(14-12-26-18-28)25(22)17-27(24)2;;/h3-5,7,10-11,16-17,26H,6,9,12-14,18H2,1-2H3;;/q-1;;. The van der Waals surface area contributed by atoms with E-state index in [4.69, 9.17) is 0 Å². The number of fused-ring (bicyclic) bond motifs is 2. The van der Waals surface area contributed by atoms with E-state index in [0.29, 0.717) is 0 Å². The Hall–Kier alpha value is -1.06. The van der Waals surface area contributed by atoms with E-state index in [2.05, 4.69) is 72.5 Å². The van der Waals surface area contributed by atoms with Crippen molar-refractivity contribution in [3.8, 4) is 22.4 Å². The average molecular weight is 483 g/mol. The molecule has 2 aliphatic rings. The zero-order valence-corrected chi connectivity index (χ0v) is 21.8. The Morgan fingerprint density at radius 3 is 2.70 bits per heavy atom. The average Bonchev–Trinajstić information content (AvgIpc) is 3.19. The van der Waals surface area contributed by atoms with Gasteiger partial charge in [0.25, 0.3) is 0 Å². The minimum atomic E-state index is -1.32. The van der Waals surface area contributed by atoms with E-state index in [1.807, 2.05) is 12.1 Å². The fraction of sp³-hybridized carbons (Fsp3) is 0.320. The van der Waals surface area contributed by atoms with E-state index in [9.17, 15) is 0 Å². The molecule has 1 fully saturated rings. The minimum absolute atomic E-state index is 0. The van der Waals surface area contributed by atoms with Crippen molar-refractivity contribution in [1.29, 1.82) is 0 Å². The SMILES string of the molecule is Cc1ccc(-c2[c-]cccc2)[c-]c1-c1cc2c(c[n+]1C)[Si]1(CCC2)CCNC1.[B].[Y]. The second-order valence-corrected chi connectivity index (χ2v) is 12.9. The number of rotatable bonds is 2. The second-order valence-electron chi connectivity index (χ2n) is 8.48. The van der Waals surface area contributed by atoms with Gasteiger partial charge in [0.2, 0.25) is 0 Å². The van der Waals surface area contributed by atoms with Crippen molar-refractivity contribution in [3.63, 3.8) is 0 Å². The topological polar surface area (TPSA) is 15.9 Å². The first-order valence-electron chi connectivity index (χ1n) is 10.4. The molecule has 0 amide bonds. The molecule has 2 nitrogen and oxygen atoms in total. The molecule has 148 valence electrons. The molecule has 1 atom stereocenters. The maximum atomic E-state index is 3.70. The number of hydrogen-bond donors (Lipinski definition) is 1. The minimum Gasteiger partial charge on any atom is -0.319 e. The van der Waals surface area contributed by atoms with E-state index in [1.165, 1.54) is 54.5 Å². The molecule has 2 aromatic carbocycles. The fourth-order valence-corrected chi connectivity index (χ4v) is 9.96. The van der Waals surface area contributed by atoms with Crippen LogP contribution >= 0.6 is 0 Å². The summed E-state index contributed by atoms with van der Waals surface area (Å²) in [6, 6.07) is 24.9. The monoisotopic (exact) mass is 483 g/mol. The van der Waals surface area contributed by atoms with Crippen molar-refractivity contribution in [2.75, 3.05) is 12.7 Å². The maximum absolute atomic E-state index is 3.70. The number of aromatic nitrogens is 1. The van der Waals surface area contributed by atoms with Crippen molar-refractivity contribution < 1.29 is 37.3 Å². The zero-order chi connectivity index (χ0) is 19.1. The van der Waals surface area contributed by atoms with Crippen molar-refractivity contribution in [3.05, 3.63) is 71.9 Å². The first kappa shape index (κ1) is 23.6. The summed E-state index contributed by atoms with van der Waals surface area (Å²) >= 11 is 0. The van der Waals surface area contributed by atoms with Gasteiger partial charge in [-0.25, -0.2) is 10.1 Å². The molecule has 3 heterocycles. The molecule has 1 aromatic heterocycles. The van der Waals surface area contributed by atoms with Gasteiger partial charge in [-0.3, -0.25) is 0 Å². The van der Waals surface area contributed by atoms with Crippen LogP contribution in [0.25, 0.3) is 22.4 Å². The molecule has 5 heteroatoms. The van der Waals surface area contributed by atoms with Crippen molar-refractivity contribution in [1.82, 2.24) is 5.32 Å². The van der Waals surface area contributed by atoms with Crippen molar-refractivity contribution in [2.45, 2.75) is 31.9 Å². The third kappa shape index (κ3) is 4.17. The van der Waals surface area contributed by atoms with E-state index in [1.54, 1.807) is 10.8 Å². The summed E-state index contributed by atoms with van der Waals surface area (Å²) in [5, 5.41) is 5.38. The first-order valence-corrected chi connectivity index (χ1v) is 13.0. The number of pyridine rings is 1. The first-order chi connectivity index (χ1) is 13.7. The van der Waals surface area contributed by atoms with Gasteiger partial charge in [-0.15, -0.1) is 17.7 Å². The molecule has 0 aliphatic carbocycles. The van der Waals surface area contributed by atoms with Gasteiger partial charge in [-0.2, -0.15) is 42.0 Å². The Morgan fingerprint density at radius 1 is 1.10 bits per heavy atom. The van der Waals surface area contributed by atoms with Crippen LogP contribution in [0.1, 0.15) is 17.5 Å². The van der Waals surface area contributed by atoms with Gasteiger partial charge in [-0.05, 0) is 36.8 Å². The summed E-state index contributed by atoms with van der Waals surface area (Å²) in [5.74, 6) is 0. The van der Waals surface area contributed by atoms with E-state index in [-0.39, 0.29) is 41.1 Å². The molecule has 5 rings (SSSR count). The molecule has 0 bridgehead atoms. The maximum Gasteiger partial charge on any atom is 0.161 e. The van der Waals surface area contributed by atoms with Gasteiger partial charge in [0.15, 0.2) is 6.20 Å². The quantitative estimate of drug-likeness (QED) is 0.337. The molecular formula is C25H27BN2SiY-. The van der Waals surface area contributed by atoms with Crippen LogP contribution in [0.2, 0.25) is 12.1 Å². The van der Waals surface area contributed by atoms with Crippen LogP contribution in [0.15, 0.2) is 48.7 Å². The molecule has 3 aromatic rings. The zero-order valence-electron chi connectivity index (χ0n) is 18.0. The van der Waals surface area contributed by atoms with Crippen LogP contribution in [-0.2, 0) is 46.2 Å². The number of aryl methyl sites for hydroxylation is 3. The summed E-state index contributed by atoms with van der Waals surface area (Å²) in [6.45, 7) is 3.40. The summed E-state index contributed by atoms with van der Waals surface area (Å²) in [6.07, 6.45) is 6.32. The van der Waals surface area contributed by atoms with Gasteiger partial charge in [-0.1, -0.05) is 25.0 Å². The van der Waals surface area contributed by atoms with Crippen molar-refractivity contribution in [2.24, 2.45) is 7.05 Å². The summed E-state index contributed by atoms with van der Waals surface area (Å²) in [5.41, 5.74) is 7.59. The summed E-state index contributed by atoms with van der Waals surface area (Å²) in [4.78, 5) is 0. The van der Waals surface area contributed by atoms with Crippen LogP contribution in [0.3, 0.4) is 0 Å². The Kier molecular flexibility index (Phi) is 7.55. The van der Waals surface area contributed by atoms with Crippen LogP contribution in [0.4, 0.5) is 0 Å². The van der Waals surface area contributed by atoms with Crippen molar-refractivity contribution >= 4 is 21.7 Å². The Labute approximate surface area is 209 Å². The molecule has 1 saturated heterocycles. The van der Waals surface area contributed by atoms with Crippen LogP contribution in [0.5, 0.6) is 0 Å². The van der Waals surface area contributed by atoms with E-state index < -0.39 is 8.07 Å². The Bertz CT molecular complexity index is 1030. The predicted molar refractivity (Wildman–Crippen MR) is 123 cm³/mol. The van der Waals surface area contributed by atoms with E-state index in [0.717, 1.165) is 11.1 Å². The van der Waals surface area contributed by atoms with Gasteiger partial charge < -0.3 is 5.32 Å². The number of nitrogens with one attached hydrogen (secondary N) is 1. The normalized spacial score (nSPS) is 19.7. The fourth-order valence-electron chi connectivity index (χ4n) is 5.11. The Balaban J connectivity index is 0.00000128. The molecule has 30 heavy (non-hydrogen) atoms. The van der Waals surface area contributed by atoms with Gasteiger partial charge >= 0.3 is 0 Å². The largest absolute Gasteiger partial charge is 0.319 e. The van der Waals surface area contributed by atoms with Crippen LogP contribution < -0.4 is 15.1 Å². The number of benzene rings is 2. The van der Waals surface area contributed by atoms with Crippen LogP contribution in [-0.4, -0.2) is 29.2 Å². The van der Waals surface area contributed by atoms with Gasteiger partial charge in [0.1, 0.15) is 20.8 Å². The smallest absolute Gasteiger partial charge is 0.161 e. The van der Waals surface area contributed by atoms with Crippen LogP contribution in [0, 0.1) is 19.1 Å². The third-order valence-corrected chi connectivity index (χ3v) is 11.7.